The first kappa shape index (κ1) is 20.2. The van der Waals surface area contributed by atoms with Crippen LogP contribution < -0.4 is 0 Å². The summed E-state index contributed by atoms with van der Waals surface area (Å²) in [6.45, 7) is 2.36. The summed E-state index contributed by atoms with van der Waals surface area (Å²) in [6, 6.07) is 13.6. The highest BCUT2D eigenvalue weighted by molar-refractivity contribution is 9.10. The number of carbonyl (C=O) groups excluding carboxylic acids is 2. The molecule has 1 aliphatic heterocycles. The molecule has 2 aromatic carbocycles. The van der Waals surface area contributed by atoms with Crippen LogP contribution in [0, 0.1) is 11.8 Å². The van der Waals surface area contributed by atoms with Gasteiger partial charge in [-0.05, 0) is 55.5 Å². The van der Waals surface area contributed by atoms with Gasteiger partial charge in [-0.1, -0.05) is 28.1 Å². The van der Waals surface area contributed by atoms with Gasteiger partial charge in [-0.15, -0.1) is 0 Å². The molecule has 31 heavy (non-hydrogen) atoms. The predicted octanol–water partition coefficient (Wildman–Crippen LogP) is 4.51. The Morgan fingerprint density at radius 2 is 1.90 bits per heavy atom. The Labute approximate surface area is 189 Å². The number of amides is 1. The number of esters is 1. The van der Waals surface area contributed by atoms with E-state index < -0.39 is 0 Å². The average molecular weight is 482 g/mol. The molecule has 1 saturated heterocycles. The SMILES string of the molecule is COC(=O)c1ccc2nc(-c3ccc(Br)cc3)n(C[C@H]3CCN(C(=O)C4CC4)C3)c2c1. The highest BCUT2D eigenvalue weighted by Crippen LogP contribution is 2.34. The van der Waals surface area contributed by atoms with Crippen LogP contribution in [0.3, 0.4) is 0 Å². The topological polar surface area (TPSA) is 64.4 Å². The van der Waals surface area contributed by atoms with E-state index >= 15 is 0 Å². The molecule has 1 amide bonds. The number of methoxy groups -OCH3 is 1. The van der Waals surface area contributed by atoms with E-state index in [1.807, 2.05) is 41.3 Å². The van der Waals surface area contributed by atoms with Crippen molar-refractivity contribution < 1.29 is 14.3 Å². The van der Waals surface area contributed by atoms with Crippen molar-refractivity contribution >= 4 is 38.8 Å². The molecule has 1 aromatic heterocycles. The van der Waals surface area contributed by atoms with Crippen LogP contribution in [-0.4, -0.2) is 46.5 Å². The Bertz CT molecular complexity index is 1150. The summed E-state index contributed by atoms with van der Waals surface area (Å²) in [5, 5.41) is 0. The van der Waals surface area contributed by atoms with Gasteiger partial charge >= 0.3 is 5.97 Å². The van der Waals surface area contributed by atoms with E-state index in [2.05, 4.69) is 20.5 Å². The molecular formula is C24H24BrN3O3. The van der Waals surface area contributed by atoms with Gasteiger partial charge in [-0.25, -0.2) is 9.78 Å². The number of carbonyl (C=O) groups is 2. The Kier molecular flexibility index (Phi) is 5.30. The molecule has 2 heterocycles. The fraction of sp³-hybridized carbons (Fsp3) is 0.375. The third kappa shape index (κ3) is 3.99. The maximum absolute atomic E-state index is 12.5. The second kappa shape index (κ2) is 8.11. The highest BCUT2D eigenvalue weighted by Gasteiger charge is 2.36. The molecule has 6 nitrogen and oxygen atoms in total. The Balaban J connectivity index is 1.51. The van der Waals surface area contributed by atoms with E-state index in [4.69, 9.17) is 9.72 Å². The third-order valence-electron chi connectivity index (χ3n) is 6.24. The van der Waals surface area contributed by atoms with E-state index in [-0.39, 0.29) is 11.9 Å². The standard InChI is InChI=1S/C24H24BrN3O3/c1-31-24(30)18-6-9-20-21(12-18)28(22(26-20)16-4-7-19(25)8-5-16)14-15-10-11-27(13-15)23(29)17-2-3-17/h4-9,12,15,17H,2-3,10-11,13-14H2,1H3/t15-/m0/s1. The average Bonchev–Trinajstić information content (AvgIpc) is 3.44. The molecule has 1 aliphatic carbocycles. The largest absolute Gasteiger partial charge is 0.465 e. The van der Waals surface area contributed by atoms with Crippen molar-refractivity contribution in [2.45, 2.75) is 25.8 Å². The summed E-state index contributed by atoms with van der Waals surface area (Å²) in [5.74, 6) is 1.45. The molecule has 0 spiro atoms. The summed E-state index contributed by atoms with van der Waals surface area (Å²) in [4.78, 5) is 31.5. The molecule has 3 aromatic rings. The fourth-order valence-corrected chi connectivity index (χ4v) is 4.66. The smallest absolute Gasteiger partial charge is 0.337 e. The van der Waals surface area contributed by atoms with Gasteiger partial charge in [0.25, 0.3) is 0 Å². The number of nitrogens with zero attached hydrogens (tertiary/aromatic N) is 3. The lowest BCUT2D eigenvalue weighted by molar-refractivity contribution is -0.131. The number of hydrogen-bond acceptors (Lipinski definition) is 4. The second-order valence-electron chi connectivity index (χ2n) is 8.46. The number of likely N-dealkylation sites (tertiary alicyclic amines) is 1. The summed E-state index contributed by atoms with van der Waals surface area (Å²) in [6.07, 6.45) is 3.06. The van der Waals surface area contributed by atoms with Gasteiger partial charge in [0.1, 0.15) is 5.82 Å². The lowest BCUT2D eigenvalue weighted by atomic mass is 10.1. The molecule has 0 radical (unpaired) electrons. The van der Waals surface area contributed by atoms with Gasteiger partial charge in [0.15, 0.2) is 0 Å². The van der Waals surface area contributed by atoms with Crippen LogP contribution in [0.1, 0.15) is 29.6 Å². The molecule has 1 saturated carbocycles. The summed E-state index contributed by atoms with van der Waals surface area (Å²) < 4.78 is 8.12. The lowest BCUT2D eigenvalue weighted by Crippen LogP contribution is -2.30. The Morgan fingerprint density at radius 1 is 1.13 bits per heavy atom. The molecule has 7 heteroatoms. The number of benzene rings is 2. The zero-order valence-corrected chi connectivity index (χ0v) is 19.0. The van der Waals surface area contributed by atoms with Crippen molar-refractivity contribution in [1.29, 1.82) is 0 Å². The van der Waals surface area contributed by atoms with Crippen LogP contribution in [0.2, 0.25) is 0 Å². The maximum Gasteiger partial charge on any atom is 0.337 e. The van der Waals surface area contributed by atoms with E-state index in [1.165, 1.54) is 7.11 Å². The van der Waals surface area contributed by atoms with Crippen LogP contribution in [0.5, 0.6) is 0 Å². The van der Waals surface area contributed by atoms with Gasteiger partial charge < -0.3 is 14.2 Å². The lowest BCUT2D eigenvalue weighted by Gasteiger charge is -2.18. The van der Waals surface area contributed by atoms with Crippen LogP contribution in [0.15, 0.2) is 46.9 Å². The maximum atomic E-state index is 12.5. The van der Waals surface area contributed by atoms with E-state index in [1.54, 1.807) is 6.07 Å². The Hall–Kier alpha value is -2.67. The molecule has 160 valence electrons. The van der Waals surface area contributed by atoms with Crippen LogP contribution in [-0.2, 0) is 16.1 Å². The molecule has 2 fully saturated rings. The molecule has 0 N–H and O–H groups in total. The number of aromatic nitrogens is 2. The minimum absolute atomic E-state index is 0.258. The van der Waals surface area contributed by atoms with Gasteiger partial charge in [0.05, 0.1) is 23.7 Å². The van der Waals surface area contributed by atoms with E-state index in [0.717, 1.165) is 65.8 Å². The van der Waals surface area contributed by atoms with Crippen molar-refractivity contribution in [1.82, 2.24) is 14.5 Å². The molecular weight excluding hydrogens is 458 g/mol. The van der Waals surface area contributed by atoms with Crippen LogP contribution in [0.25, 0.3) is 22.4 Å². The first-order valence-corrected chi connectivity index (χ1v) is 11.5. The highest BCUT2D eigenvalue weighted by atomic mass is 79.9. The predicted molar refractivity (Wildman–Crippen MR) is 122 cm³/mol. The van der Waals surface area contributed by atoms with Gasteiger partial charge in [-0.2, -0.15) is 0 Å². The quantitative estimate of drug-likeness (QED) is 0.502. The van der Waals surface area contributed by atoms with Crippen LogP contribution in [0.4, 0.5) is 0 Å². The normalized spacial score (nSPS) is 18.5. The molecule has 2 aliphatic rings. The van der Waals surface area contributed by atoms with E-state index in [0.29, 0.717) is 17.4 Å². The zero-order chi connectivity index (χ0) is 21.5. The minimum atomic E-state index is -0.359. The first-order valence-electron chi connectivity index (χ1n) is 10.7. The first-order chi connectivity index (χ1) is 15.0. The number of ether oxygens (including phenoxy) is 1. The zero-order valence-electron chi connectivity index (χ0n) is 17.4. The third-order valence-corrected chi connectivity index (χ3v) is 6.77. The molecule has 5 rings (SSSR count). The van der Waals surface area contributed by atoms with Gasteiger partial charge in [0, 0.05) is 35.6 Å². The Morgan fingerprint density at radius 3 is 2.61 bits per heavy atom. The minimum Gasteiger partial charge on any atom is -0.465 e. The van der Waals surface area contributed by atoms with Gasteiger partial charge in [0.2, 0.25) is 5.91 Å². The summed E-state index contributed by atoms with van der Waals surface area (Å²) in [5.41, 5.74) is 3.28. The molecule has 0 bridgehead atoms. The van der Waals surface area contributed by atoms with Crippen molar-refractivity contribution in [2.75, 3.05) is 20.2 Å². The second-order valence-corrected chi connectivity index (χ2v) is 9.38. The molecule has 1 atom stereocenters. The van der Waals surface area contributed by atoms with Crippen LogP contribution >= 0.6 is 15.9 Å². The number of imidazole rings is 1. The summed E-state index contributed by atoms with van der Waals surface area (Å²) in [7, 11) is 1.39. The number of fused-ring (bicyclic) bond motifs is 1. The monoisotopic (exact) mass is 481 g/mol. The van der Waals surface area contributed by atoms with Gasteiger partial charge in [-0.3, -0.25) is 4.79 Å². The van der Waals surface area contributed by atoms with Crippen molar-refractivity contribution in [3.63, 3.8) is 0 Å². The van der Waals surface area contributed by atoms with Crippen molar-refractivity contribution in [2.24, 2.45) is 11.8 Å². The molecule has 0 unspecified atom stereocenters. The number of hydrogen-bond donors (Lipinski definition) is 0. The number of halogens is 1. The fourth-order valence-electron chi connectivity index (χ4n) is 4.40. The van der Waals surface area contributed by atoms with Crippen molar-refractivity contribution in [3.05, 3.63) is 52.5 Å². The summed E-state index contributed by atoms with van der Waals surface area (Å²) >= 11 is 3.50. The van der Waals surface area contributed by atoms with E-state index in [9.17, 15) is 9.59 Å². The number of rotatable bonds is 5. The van der Waals surface area contributed by atoms with Crippen molar-refractivity contribution in [3.8, 4) is 11.4 Å².